The van der Waals surface area contributed by atoms with Crippen LogP contribution in [0.15, 0.2) is 84.9 Å². The van der Waals surface area contributed by atoms with Gasteiger partial charge in [-0.15, -0.1) is 0 Å². The fourth-order valence-electron chi connectivity index (χ4n) is 4.62. The smallest absolute Gasteiger partial charge is 0.235 e. The molecule has 4 heteroatoms. The van der Waals surface area contributed by atoms with Gasteiger partial charge in [0.1, 0.15) is 0 Å². The van der Waals surface area contributed by atoms with Crippen molar-refractivity contribution in [2.45, 2.75) is 24.9 Å². The zero-order valence-corrected chi connectivity index (χ0v) is 16.7. The molecule has 30 heavy (non-hydrogen) atoms. The van der Waals surface area contributed by atoms with E-state index in [0.717, 1.165) is 22.3 Å². The summed E-state index contributed by atoms with van der Waals surface area (Å²) >= 11 is 0. The van der Waals surface area contributed by atoms with Crippen LogP contribution in [0.4, 0.5) is 0 Å². The second kappa shape index (κ2) is 7.81. The van der Waals surface area contributed by atoms with Crippen molar-refractivity contribution in [3.05, 3.63) is 107 Å². The third-order valence-electron chi connectivity index (χ3n) is 6.12. The lowest BCUT2D eigenvalue weighted by Gasteiger charge is -2.37. The van der Waals surface area contributed by atoms with E-state index in [1.807, 2.05) is 77.7 Å². The fraction of sp³-hybridized carbons (Fsp3) is 0.192. The summed E-state index contributed by atoms with van der Waals surface area (Å²) in [7, 11) is 0. The molecule has 5 rings (SSSR count). The average Bonchev–Trinajstić information content (AvgIpc) is 3.17. The van der Waals surface area contributed by atoms with Crippen LogP contribution < -0.4 is 0 Å². The Morgan fingerprint density at radius 3 is 2.17 bits per heavy atom. The summed E-state index contributed by atoms with van der Waals surface area (Å²) < 4.78 is 0. The Balaban J connectivity index is 1.56. The number of hydrogen-bond donors (Lipinski definition) is 2. The van der Waals surface area contributed by atoms with Crippen LogP contribution in [-0.2, 0) is 17.8 Å². The number of carbonyl (C=O) groups is 1. The van der Waals surface area contributed by atoms with E-state index in [4.69, 9.17) is 0 Å². The number of aromatic amines is 1. The number of aliphatic hydroxyl groups excluding tert-OH is 1. The van der Waals surface area contributed by atoms with Crippen LogP contribution in [0.1, 0.15) is 28.3 Å². The Hall–Kier alpha value is -3.37. The van der Waals surface area contributed by atoms with E-state index >= 15 is 0 Å². The molecule has 2 N–H and O–H groups in total. The molecular formula is C26H24N2O2. The van der Waals surface area contributed by atoms with Crippen LogP contribution >= 0.6 is 0 Å². The second-order valence-electron chi connectivity index (χ2n) is 7.89. The first-order valence-corrected chi connectivity index (χ1v) is 10.4. The van der Waals surface area contributed by atoms with E-state index in [2.05, 4.69) is 17.1 Å². The minimum Gasteiger partial charge on any atom is -0.394 e. The highest BCUT2D eigenvalue weighted by molar-refractivity contribution is 5.89. The van der Waals surface area contributed by atoms with Crippen molar-refractivity contribution in [2.75, 3.05) is 6.61 Å². The zero-order valence-electron chi connectivity index (χ0n) is 16.7. The molecule has 150 valence electrons. The number of amides is 1. The fourth-order valence-corrected chi connectivity index (χ4v) is 4.62. The lowest BCUT2D eigenvalue weighted by molar-refractivity contribution is -0.136. The number of carbonyl (C=O) groups excluding carboxylic acids is 1. The van der Waals surface area contributed by atoms with Gasteiger partial charge < -0.3 is 15.0 Å². The van der Waals surface area contributed by atoms with Gasteiger partial charge in [0.2, 0.25) is 5.91 Å². The highest BCUT2D eigenvalue weighted by Crippen LogP contribution is 2.34. The monoisotopic (exact) mass is 396 g/mol. The molecule has 3 aromatic carbocycles. The molecule has 0 aliphatic carbocycles. The van der Waals surface area contributed by atoms with Crippen LogP contribution in [-0.4, -0.2) is 33.5 Å². The van der Waals surface area contributed by atoms with Crippen LogP contribution in [0.2, 0.25) is 0 Å². The van der Waals surface area contributed by atoms with Gasteiger partial charge in [-0.2, -0.15) is 0 Å². The van der Waals surface area contributed by atoms with Gasteiger partial charge in [0.15, 0.2) is 0 Å². The Morgan fingerprint density at radius 2 is 1.53 bits per heavy atom. The molecule has 1 unspecified atom stereocenters. The van der Waals surface area contributed by atoms with Crippen molar-refractivity contribution in [1.29, 1.82) is 0 Å². The molecule has 0 radical (unpaired) electrons. The van der Waals surface area contributed by atoms with Gasteiger partial charge in [-0.05, 0) is 29.2 Å². The third-order valence-corrected chi connectivity index (χ3v) is 6.12. The number of aromatic nitrogens is 1. The minimum absolute atomic E-state index is 0.0238. The number of hydrogen-bond acceptors (Lipinski definition) is 2. The molecule has 1 atom stereocenters. The third kappa shape index (κ3) is 3.19. The number of fused-ring (bicyclic) bond motifs is 3. The molecule has 0 saturated carbocycles. The molecule has 1 aliphatic heterocycles. The zero-order chi connectivity index (χ0) is 20.5. The summed E-state index contributed by atoms with van der Waals surface area (Å²) in [5.41, 5.74) is 5.29. The van der Waals surface area contributed by atoms with Gasteiger partial charge in [0, 0.05) is 16.6 Å². The predicted octanol–water partition coefficient (Wildman–Crippen LogP) is 4.25. The van der Waals surface area contributed by atoms with Crippen LogP contribution in [0, 0.1) is 0 Å². The van der Waals surface area contributed by atoms with E-state index in [1.54, 1.807) is 0 Å². The average molecular weight is 396 g/mol. The molecule has 0 spiro atoms. The highest BCUT2D eigenvalue weighted by Gasteiger charge is 2.36. The van der Waals surface area contributed by atoms with Gasteiger partial charge in [-0.25, -0.2) is 0 Å². The predicted molar refractivity (Wildman–Crippen MR) is 118 cm³/mol. The van der Waals surface area contributed by atoms with Crippen molar-refractivity contribution in [1.82, 2.24) is 9.88 Å². The van der Waals surface area contributed by atoms with Gasteiger partial charge in [-0.3, -0.25) is 4.79 Å². The Morgan fingerprint density at radius 1 is 0.933 bits per heavy atom. The summed E-state index contributed by atoms with van der Waals surface area (Å²) in [5, 5.41) is 11.3. The maximum Gasteiger partial charge on any atom is 0.235 e. The summed E-state index contributed by atoms with van der Waals surface area (Å²) in [5.74, 6) is -0.372. The molecule has 0 saturated heterocycles. The van der Waals surface area contributed by atoms with Gasteiger partial charge in [0.05, 0.1) is 25.1 Å². The van der Waals surface area contributed by atoms with Crippen molar-refractivity contribution in [3.63, 3.8) is 0 Å². The number of aliphatic hydroxyl groups is 1. The number of nitrogens with zero attached hydrogens (tertiary/aromatic N) is 1. The minimum atomic E-state index is -0.396. The summed E-state index contributed by atoms with van der Waals surface area (Å²) in [4.78, 5) is 19.2. The van der Waals surface area contributed by atoms with Gasteiger partial charge >= 0.3 is 0 Å². The van der Waals surface area contributed by atoms with Crippen molar-refractivity contribution < 1.29 is 9.90 Å². The van der Waals surface area contributed by atoms with Crippen molar-refractivity contribution in [3.8, 4) is 0 Å². The molecule has 0 fully saturated rings. The Kier molecular flexibility index (Phi) is 4.85. The lowest BCUT2D eigenvalue weighted by Crippen LogP contribution is -2.48. The summed E-state index contributed by atoms with van der Waals surface area (Å²) in [6.07, 6.45) is 0.651. The van der Waals surface area contributed by atoms with Crippen molar-refractivity contribution >= 4 is 16.8 Å². The molecule has 1 aromatic heterocycles. The standard InChI is InChI=1S/C26H24N2O2/c29-17-20-15-22-21-13-7-8-14-23(21)27-24(22)16-28(20)26(30)25(18-9-3-1-4-10-18)19-11-5-2-6-12-19/h1-14,20,25,27,29H,15-17H2. The van der Waals surface area contributed by atoms with Gasteiger partial charge in [0.25, 0.3) is 0 Å². The van der Waals surface area contributed by atoms with E-state index in [9.17, 15) is 9.90 Å². The molecule has 0 bridgehead atoms. The molecular weight excluding hydrogens is 372 g/mol. The molecule has 1 aliphatic rings. The number of H-pyrrole nitrogens is 1. The molecule has 4 nitrogen and oxygen atoms in total. The highest BCUT2D eigenvalue weighted by atomic mass is 16.3. The van der Waals surface area contributed by atoms with Crippen LogP contribution in [0.25, 0.3) is 10.9 Å². The maximum atomic E-state index is 13.9. The quantitative estimate of drug-likeness (QED) is 0.542. The lowest BCUT2D eigenvalue weighted by atomic mass is 9.88. The van der Waals surface area contributed by atoms with Gasteiger partial charge in [-0.1, -0.05) is 78.9 Å². The number of nitrogens with one attached hydrogen (secondary N) is 1. The van der Waals surface area contributed by atoms with Crippen LogP contribution in [0.5, 0.6) is 0 Å². The van der Waals surface area contributed by atoms with E-state index in [1.165, 1.54) is 10.9 Å². The molecule has 2 heterocycles. The number of rotatable bonds is 4. The second-order valence-corrected chi connectivity index (χ2v) is 7.89. The molecule has 4 aromatic rings. The topological polar surface area (TPSA) is 56.3 Å². The van der Waals surface area contributed by atoms with Crippen molar-refractivity contribution in [2.24, 2.45) is 0 Å². The first-order chi connectivity index (χ1) is 14.8. The Bertz CT molecular complexity index is 1130. The first-order valence-electron chi connectivity index (χ1n) is 10.4. The summed E-state index contributed by atoms with van der Waals surface area (Å²) in [6, 6.07) is 27.8. The van der Waals surface area contributed by atoms with Crippen LogP contribution in [0.3, 0.4) is 0 Å². The Labute approximate surface area is 175 Å². The summed E-state index contributed by atoms with van der Waals surface area (Å²) in [6.45, 7) is 0.422. The molecule has 1 amide bonds. The van der Waals surface area contributed by atoms with E-state index < -0.39 is 5.92 Å². The maximum absolute atomic E-state index is 13.9. The normalized spacial score (nSPS) is 16.1. The SMILES string of the molecule is O=C(C(c1ccccc1)c1ccccc1)N1Cc2[nH]c3ccccc3c2CC1CO. The first kappa shape index (κ1) is 18.6. The van der Waals surface area contributed by atoms with E-state index in [-0.39, 0.29) is 18.6 Å². The largest absolute Gasteiger partial charge is 0.394 e. The van der Waals surface area contributed by atoms with E-state index in [0.29, 0.717) is 13.0 Å². The number of para-hydroxylation sites is 1. The number of benzene rings is 3.